The van der Waals surface area contributed by atoms with Crippen molar-refractivity contribution in [1.82, 2.24) is 29.7 Å². The Balaban J connectivity index is 1.52. The van der Waals surface area contributed by atoms with Crippen molar-refractivity contribution in [2.24, 2.45) is 0 Å². The third-order valence-corrected chi connectivity index (χ3v) is 5.74. The van der Waals surface area contributed by atoms with Gasteiger partial charge < -0.3 is 4.74 Å². The molecular formula is C24H23N7O2. The second-order valence-electron chi connectivity index (χ2n) is 8.32. The van der Waals surface area contributed by atoms with Gasteiger partial charge in [-0.15, -0.1) is 0 Å². The van der Waals surface area contributed by atoms with Crippen LogP contribution >= 0.6 is 0 Å². The molecule has 0 aliphatic carbocycles. The number of fused-ring (bicyclic) bond motifs is 1. The number of aromatic nitrogens is 6. The van der Waals surface area contributed by atoms with Gasteiger partial charge in [-0.1, -0.05) is 12.1 Å². The quantitative estimate of drug-likeness (QED) is 0.453. The number of anilines is 1. The summed E-state index contributed by atoms with van der Waals surface area (Å²) in [7, 11) is 1.59. The fraction of sp³-hybridized carbons (Fsp3) is 0.250. The lowest BCUT2D eigenvalue weighted by molar-refractivity contribution is -0.122. The van der Waals surface area contributed by atoms with E-state index in [2.05, 4.69) is 20.1 Å². The molecule has 0 unspecified atom stereocenters. The molecule has 0 N–H and O–H groups in total. The van der Waals surface area contributed by atoms with E-state index in [-0.39, 0.29) is 5.91 Å². The molecule has 1 aliphatic heterocycles. The summed E-state index contributed by atoms with van der Waals surface area (Å²) in [4.78, 5) is 32.9. The highest BCUT2D eigenvalue weighted by Crippen LogP contribution is 2.41. The standard InChI is InChI=1S/C24H23N7O2/c1-24(2)18-13-27-21(28-22(18)30(23(24)32)14-16-8-4-6-10-25-16)19-12-20(33-3)31(29-19)15-17-9-5-7-11-26-17/h4-13H,14-15H2,1-3H3. The number of hydrogen-bond donors (Lipinski definition) is 0. The predicted octanol–water partition coefficient (Wildman–Crippen LogP) is 3.01. The van der Waals surface area contributed by atoms with E-state index >= 15 is 0 Å². The Morgan fingerprint density at radius 2 is 1.67 bits per heavy atom. The number of methoxy groups -OCH3 is 1. The molecule has 0 saturated heterocycles. The number of rotatable bonds is 6. The zero-order valence-electron chi connectivity index (χ0n) is 18.6. The van der Waals surface area contributed by atoms with Crippen molar-refractivity contribution in [2.75, 3.05) is 12.0 Å². The number of nitrogens with zero attached hydrogens (tertiary/aromatic N) is 7. The lowest BCUT2D eigenvalue weighted by Crippen LogP contribution is -2.36. The number of hydrogen-bond acceptors (Lipinski definition) is 7. The number of ether oxygens (including phenoxy) is 1. The molecular weight excluding hydrogens is 418 g/mol. The molecule has 0 aromatic carbocycles. The number of carbonyl (C=O) groups is 1. The van der Waals surface area contributed by atoms with Gasteiger partial charge in [0, 0.05) is 30.2 Å². The average molecular weight is 441 g/mol. The van der Waals surface area contributed by atoms with Crippen LogP contribution in [-0.4, -0.2) is 42.7 Å². The third kappa shape index (κ3) is 3.71. The second-order valence-corrected chi connectivity index (χ2v) is 8.32. The second kappa shape index (κ2) is 8.09. The topological polar surface area (TPSA) is 98.9 Å². The van der Waals surface area contributed by atoms with Crippen LogP contribution in [0.3, 0.4) is 0 Å². The molecule has 4 aromatic heterocycles. The first-order chi connectivity index (χ1) is 16.0. The van der Waals surface area contributed by atoms with E-state index in [1.54, 1.807) is 41.3 Å². The van der Waals surface area contributed by atoms with Crippen LogP contribution in [0.5, 0.6) is 5.88 Å². The summed E-state index contributed by atoms with van der Waals surface area (Å²) in [5.41, 5.74) is 2.26. The molecule has 4 aromatic rings. The van der Waals surface area contributed by atoms with Gasteiger partial charge in [-0.05, 0) is 38.1 Å². The van der Waals surface area contributed by atoms with Crippen molar-refractivity contribution in [3.8, 4) is 17.4 Å². The Kier molecular flexibility index (Phi) is 5.08. The lowest BCUT2D eigenvalue weighted by atomic mass is 9.88. The van der Waals surface area contributed by atoms with Crippen LogP contribution in [-0.2, 0) is 23.3 Å². The fourth-order valence-corrected chi connectivity index (χ4v) is 3.92. The molecule has 1 aliphatic rings. The molecule has 0 radical (unpaired) electrons. The first kappa shape index (κ1) is 20.7. The maximum Gasteiger partial charge on any atom is 0.238 e. The minimum absolute atomic E-state index is 0.0344. The van der Waals surface area contributed by atoms with Gasteiger partial charge in [-0.25, -0.2) is 14.6 Å². The first-order valence-corrected chi connectivity index (χ1v) is 10.6. The molecule has 5 rings (SSSR count). The molecule has 0 saturated carbocycles. The summed E-state index contributed by atoms with van der Waals surface area (Å²) in [6.45, 7) is 4.57. The van der Waals surface area contributed by atoms with E-state index in [1.165, 1.54) is 0 Å². The van der Waals surface area contributed by atoms with Crippen molar-refractivity contribution in [3.05, 3.63) is 78.0 Å². The first-order valence-electron chi connectivity index (χ1n) is 10.6. The Morgan fingerprint density at radius 3 is 2.30 bits per heavy atom. The van der Waals surface area contributed by atoms with E-state index in [9.17, 15) is 4.79 Å². The number of amides is 1. The van der Waals surface area contributed by atoms with Gasteiger partial charge in [-0.2, -0.15) is 5.10 Å². The van der Waals surface area contributed by atoms with E-state index in [1.807, 2.05) is 50.2 Å². The number of pyridine rings is 2. The molecule has 166 valence electrons. The molecule has 33 heavy (non-hydrogen) atoms. The van der Waals surface area contributed by atoms with Crippen molar-refractivity contribution < 1.29 is 9.53 Å². The monoisotopic (exact) mass is 441 g/mol. The highest BCUT2D eigenvalue weighted by atomic mass is 16.5. The van der Waals surface area contributed by atoms with E-state index in [0.29, 0.717) is 36.3 Å². The summed E-state index contributed by atoms with van der Waals surface area (Å²) >= 11 is 0. The normalized spacial score (nSPS) is 14.4. The van der Waals surface area contributed by atoms with Crippen LogP contribution < -0.4 is 9.64 Å². The van der Waals surface area contributed by atoms with Crippen molar-refractivity contribution >= 4 is 11.7 Å². The predicted molar refractivity (Wildman–Crippen MR) is 122 cm³/mol. The van der Waals surface area contributed by atoms with Gasteiger partial charge in [0.1, 0.15) is 11.5 Å². The maximum absolute atomic E-state index is 13.2. The lowest BCUT2D eigenvalue weighted by Gasteiger charge is -2.19. The van der Waals surface area contributed by atoms with Crippen molar-refractivity contribution in [1.29, 1.82) is 0 Å². The van der Waals surface area contributed by atoms with Crippen LogP contribution in [0.2, 0.25) is 0 Å². The smallest absolute Gasteiger partial charge is 0.238 e. The molecule has 1 amide bonds. The molecule has 9 nitrogen and oxygen atoms in total. The maximum atomic E-state index is 13.2. The van der Waals surface area contributed by atoms with Crippen LogP contribution in [0.15, 0.2) is 61.1 Å². The Hall–Kier alpha value is -4.14. The van der Waals surface area contributed by atoms with Gasteiger partial charge in [0.05, 0.1) is 37.0 Å². The van der Waals surface area contributed by atoms with Gasteiger partial charge in [0.2, 0.25) is 11.8 Å². The van der Waals surface area contributed by atoms with Gasteiger partial charge in [0.15, 0.2) is 5.82 Å². The molecule has 9 heteroatoms. The van der Waals surface area contributed by atoms with Gasteiger partial charge in [0.25, 0.3) is 0 Å². The molecule has 0 bridgehead atoms. The van der Waals surface area contributed by atoms with E-state index in [0.717, 1.165) is 17.0 Å². The van der Waals surface area contributed by atoms with E-state index < -0.39 is 5.41 Å². The highest BCUT2D eigenvalue weighted by Gasteiger charge is 2.45. The van der Waals surface area contributed by atoms with Crippen LogP contribution in [0.25, 0.3) is 11.5 Å². The minimum atomic E-state index is -0.724. The SMILES string of the molecule is COc1cc(-c2ncc3c(n2)N(Cc2ccccn2)C(=O)C3(C)C)nn1Cc1ccccn1. The van der Waals surface area contributed by atoms with Gasteiger partial charge in [-0.3, -0.25) is 19.7 Å². The summed E-state index contributed by atoms with van der Waals surface area (Å²) in [6.07, 6.45) is 5.18. The highest BCUT2D eigenvalue weighted by molar-refractivity contribution is 6.06. The van der Waals surface area contributed by atoms with Gasteiger partial charge >= 0.3 is 0 Å². The average Bonchev–Trinajstić information content (AvgIpc) is 3.32. The Morgan fingerprint density at radius 1 is 0.970 bits per heavy atom. The summed E-state index contributed by atoms with van der Waals surface area (Å²) < 4.78 is 7.22. The molecule has 0 fully saturated rings. The molecule has 0 atom stereocenters. The summed E-state index contributed by atoms with van der Waals surface area (Å²) in [5.74, 6) is 1.54. The van der Waals surface area contributed by atoms with Crippen LogP contribution in [0, 0.1) is 0 Å². The van der Waals surface area contributed by atoms with Crippen molar-refractivity contribution in [2.45, 2.75) is 32.4 Å². The summed E-state index contributed by atoms with van der Waals surface area (Å²) in [6, 6.07) is 13.2. The third-order valence-electron chi connectivity index (χ3n) is 5.74. The summed E-state index contributed by atoms with van der Waals surface area (Å²) in [5, 5.41) is 4.65. The Labute approximate surface area is 191 Å². The van der Waals surface area contributed by atoms with Crippen molar-refractivity contribution in [3.63, 3.8) is 0 Å². The fourth-order valence-electron chi connectivity index (χ4n) is 3.92. The Bertz CT molecular complexity index is 1300. The molecule has 5 heterocycles. The van der Waals surface area contributed by atoms with E-state index in [4.69, 9.17) is 9.72 Å². The zero-order valence-corrected chi connectivity index (χ0v) is 18.6. The molecule has 0 spiro atoms. The number of carbonyl (C=O) groups excluding carboxylic acids is 1. The largest absolute Gasteiger partial charge is 0.481 e. The van der Waals surface area contributed by atoms with Crippen LogP contribution in [0.4, 0.5) is 5.82 Å². The van der Waals surface area contributed by atoms with Crippen LogP contribution in [0.1, 0.15) is 30.8 Å². The minimum Gasteiger partial charge on any atom is -0.481 e. The zero-order chi connectivity index (χ0) is 23.0.